The number of halogens is 1. The highest BCUT2D eigenvalue weighted by molar-refractivity contribution is 7.80. The van der Waals surface area contributed by atoms with Gasteiger partial charge in [0.2, 0.25) is 0 Å². The first-order valence-corrected chi connectivity index (χ1v) is 9.52. The smallest absolute Gasteiger partial charge is 0.258 e. The van der Waals surface area contributed by atoms with Crippen LogP contribution in [0.1, 0.15) is 21.8 Å². The highest BCUT2D eigenvalue weighted by Gasteiger charge is 2.09. The van der Waals surface area contributed by atoms with E-state index >= 15 is 0 Å². The van der Waals surface area contributed by atoms with Gasteiger partial charge in [-0.3, -0.25) is 15.1 Å². The molecule has 29 heavy (non-hydrogen) atoms. The lowest BCUT2D eigenvalue weighted by Gasteiger charge is -2.10. The van der Waals surface area contributed by atoms with Gasteiger partial charge in [-0.25, -0.2) is 4.98 Å². The Morgan fingerprint density at radius 1 is 1.14 bits per heavy atom. The molecule has 0 atom stereocenters. The molecule has 0 aliphatic rings. The molecule has 0 radical (unpaired) electrons. The van der Waals surface area contributed by atoms with E-state index in [1.165, 1.54) is 6.20 Å². The number of aromatic nitrogens is 2. The number of nitrogens with zero attached hydrogens (tertiary/aromatic N) is 2. The Morgan fingerprint density at radius 3 is 2.72 bits per heavy atom. The van der Waals surface area contributed by atoms with E-state index in [0.717, 1.165) is 16.8 Å². The quantitative estimate of drug-likeness (QED) is 0.468. The van der Waals surface area contributed by atoms with Crippen molar-refractivity contribution in [2.45, 2.75) is 6.42 Å². The fourth-order valence-corrected chi connectivity index (χ4v) is 3.12. The Morgan fingerprint density at radius 2 is 1.97 bits per heavy atom. The van der Waals surface area contributed by atoms with Crippen LogP contribution in [0.5, 0.6) is 0 Å². The van der Waals surface area contributed by atoms with Crippen molar-refractivity contribution in [1.29, 1.82) is 0 Å². The molecule has 2 heterocycles. The average molecular weight is 423 g/mol. The van der Waals surface area contributed by atoms with Crippen LogP contribution in [0, 0.1) is 0 Å². The summed E-state index contributed by atoms with van der Waals surface area (Å²) in [6, 6.07) is 16.3. The van der Waals surface area contributed by atoms with Crippen LogP contribution in [-0.4, -0.2) is 21.0 Å². The highest BCUT2D eigenvalue weighted by Crippen LogP contribution is 2.22. The Kier molecular flexibility index (Phi) is 5.50. The summed E-state index contributed by atoms with van der Waals surface area (Å²) in [4.78, 5) is 20.5. The Bertz CT molecular complexity index is 1180. The number of pyridine rings is 1. The summed E-state index contributed by atoms with van der Waals surface area (Å²) < 4.78 is 5.75. The predicted octanol–water partition coefficient (Wildman–Crippen LogP) is 4.59. The number of rotatable bonds is 4. The first-order valence-electron chi connectivity index (χ1n) is 8.73. The molecule has 0 aliphatic carbocycles. The zero-order chi connectivity index (χ0) is 20.2. The van der Waals surface area contributed by atoms with E-state index in [1.807, 2.05) is 30.3 Å². The molecule has 0 unspecified atom stereocenters. The molecule has 0 spiro atoms. The van der Waals surface area contributed by atoms with E-state index in [2.05, 4.69) is 20.6 Å². The SMILES string of the molecule is O=C(NC(=S)Nc1ccc(Cc2nc3cc(Cl)ccc3o2)cc1)c1cccnc1. The van der Waals surface area contributed by atoms with Crippen LogP contribution in [0.2, 0.25) is 5.02 Å². The van der Waals surface area contributed by atoms with Gasteiger partial charge >= 0.3 is 0 Å². The van der Waals surface area contributed by atoms with Crippen molar-refractivity contribution in [1.82, 2.24) is 15.3 Å². The molecule has 0 saturated carbocycles. The van der Waals surface area contributed by atoms with Gasteiger partial charge in [-0.15, -0.1) is 0 Å². The predicted molar refractivity (Wildman–Crippen MR) is 116 cm³/mol. The van der Waals surface area contributed by atoms with Crippen LogP contribution < -0.4 is 10.6 Å². The number of carbonyl (C=O) groups is 1. The number of nitrogens with one attached hydrogen (secondary N) is 2. The van der Waals surface area contributed by atoms with Crippen LogP contribution >= 0.6 is 23.8 Å². The number of carbonyl (C=O) groups excluding carboxylic acids is 1. The number of fused-ring (bicyclic) bond motifs is 1. The Labute approximate surface area is 176 Å². The van der Waals surface area contributed by atoms with Gasteiger partial charge < -0.3 is 9.73 Å². The molecule has 2 aromatic heterocycles. The van der Waals surface area contributed by atoms with Crippen molar-refractivity contribution in [3.05, 3.63) is 89.0 Å². The van der Waals surface area contributed by atoms with Gasteiger partial charge in [0.05, 0.1) is 5.56 Å². The molecule has 0 aliphatic heterocycles. The minimum Gasteiger partial charge on any atom is -0.440 e. The average Bonchev–Trinajstić information content (AvgIpc) is 3.11. The van der Waals surface area contributed by atoms with E-state index in [1.54, 1.807) is 30.5 Å². The van der Waals surface area contributed by atoms with Gasteiger partial charge in [0, 0.05) is 29.5 Å². The summed E-state index contributed by atoms with van der Waals surface area (Å²) in [5.74, 6) is 0.297. The third-order valence-corrected chi connectivity index (χ3v) is 4.55. The molecular formula is C21H15ClN4O2S. The van der Waals surface area contributed by atoms with Crippen molar-refractivity contribution in [2.24, 2.45) is 0 Å². The monoisotopic (exact) mass is 422 g/mol. The standard InChI is InChI=1S/C21H15ClN4O2S/c22-15-5-8-18-17(11-15)25-19(28-18)10-13-3-6-16(7-4-13)24-21(29)26-20(27)14-2-1-9-23-12-14/h1-9,11-12H,10H2,(H2,24,26,27,29). The molecule has 4 rings (SSSR count). The van der Waals surface area contributed by atoms with Gasteiger partial charge in [-0.1, -0.05) is 23.7 Å². The normalized spacial score (nSPS) is 10.7. The van der Waals surface area contributed by atoms with Crippen LogP contribution in [-0.2, 0) is 6.42 Å². The van der Waals surface area contributed by atoms with E-state index in [4.69, 9.17) is 28.2 Å². The maximum absolute atomic E-state index is 12.1. The number of amides is 1. The summed E-state index contributed by atoms with van der Waals surface area (Å²) in [6.07, 6.45) is 3.63. The first kappa shape index (κ1) is 19.0. The maximum Gasteiger partial charge on any atom is 0.258 e. The molecule has 0 bridgehead atoms. The lowest BCUT2D eigenvalue weighted by atomic mass is 10.1. The van der Waals surface area contributed by atoms with E-state index < -0.39 is 0 Å². The minimum absolute atomic E-state index is 0.211. The number of oxazole rings is 1. The molecule has 144 valence electrons. The number of benzene rings is 2. The molecule has 0 fully saturated rings. The van der Waals surface area contributed by atoms with Gasteiger partial charge in [-0.05, 0) is 60.2 Å². The number of anilines is 1. The van der Waals surface area contributed by atoms with Crippen molar-refractivity contribution in [2.75, 3.05) is 5.32 Å². The van der Waals surface area contributed by atoms with E-state index in [0.29, 0.717) is 28.5 Å². The van der Waals surface area contributed by atoms with Crippen LogP contribution in [0.4, 0.5) is 5.69 Å². The van der Waals surface area contributed by atoms with Gasteiger partial charge in [0.25, 0.3) is 5.91 Å². The fraction of sp³-hybridized carbons (Fsp3) is 0.0476. The second kappa shape index (κ2) is 8.38. The topological polar surface area (TPSA) is 80.0 Å². The van der Waals surface area contributed by atoms with Gasteiger partial charge in [-0.2, -0.15) is 0 Å². The Hall–Kier alpha value is -3.29. The van der Waals surface area contributed by atoms with Crippen LogP contribution in [0.15, 0.2) is 71.4 Å². The lowest BCUT2D eigenvalue weighted by molar-refractivity contribution is 0.0977. The van der Waals surface area contributed by atoms with Crippen LogP contribution in [0.3, 0.4) is 0 Å². The van der Waals surface area contributed by atoms with Crippen molar-refractivity contribution < 1.29 is 9.21 Å². The molecule has 6 nitrogen and oxygen atoms in total. The van der Waals surface area contributed by atoms with E-state index in [-0.39, 0.29) is 11.0 Å². The zero-order valence-corrected chi connectivity index (χ0v) is 16.6. The van der Waals surface area contributed by atoms with Crippen LogP contribution in [0.25, 0.3) is 11.1 Å². The van der Waals surface area contributed by atoms with Crippen molar-refractivity contribution in [3.8, 4) is 0 Å². The highest BCUT2D eigenvalue weighted by atomic mass is 35.5. The first-order chi connectivity index (χ1) is 14.1. The third-order valence-electron chi connectivity index (χ3n) is 4.11. The lowest BCUT2D eigenvalue weighted by Crippen LogP contribution is -2.34. The summed E-state index contributed by atoms with van der Waals surface area (Å²) in [5.41, 5.74) is 3.66. The number of hydrogen-bond acceptors (Lipinski definition) is 5. The number of hydrogen-bond donors (Lipinski definition) is 2. The molecule has 2 aromatic carbocycles. The van der Waals surface area contributed by atoms with E-state index in [9.17, 15) is 4.79 Å². The third kappa shape index (κ3) is 4.77. The Balaban J connectivity index is 1.37. The summed E-state index contributed by atoms with van der Waals surface area (Å²) >= 11 is 11.2. The minimum atomic E-state index is -0.316. The second-order valence-electron chi connectivity index (χ2n) is 6.24. The van der Waals surface area contributed by atoms with Gasteiger partial charge in [0.1, 0.15) is 5.52 Å². The second-order valence-corrected chi connectivity index (χ2v) is 7.09. The molecule has 1 amide bonds. The largest absolute Gasteiger partial charge is 0.440 e. The summed E-state index contributed by atoms with van der Waals surface area (Å²) in [5, 5.41) is 6.45. The molecule has 8 heteroatoms. The molecule has 4 aromatic rings. The fourth-order valence-electron chi connectivity index (χ4n) is 2.74. The molecule has 0 saturated heterocycles. The number of thiocarbonyl (C=S) groups is 1. The zero-order valence-electron chi connectivity index (χ0n) is 15.1. The maximum atomic E-state index is 12.1. The van der Waals surface area contributed by atoms with Crippen molar-refractivity contribution in [3.63, 3.8) is 0 Å². The van der Waals surface area contributed by atoms with Gasteiger partial charge in [0.15, 0.2) is 16.6 Å². The van der Waals surface area contributed by atoms with Crippen molar-refractivity contribution >= 4 is 51.6 Å². The summed E-state index contributed by atoms with van der Waals surface area (Å²) in [7, 11) is 0. The summed E-state index contributed by atoms with van der Waals surface area (Å²) in [6.45, 7) is 0. The molecule has 2 N–H and O–H groups in total. The molecular weight excluding hydrogens is 408 g/mol.